The van der Waals surface area contributed by atoms with Crippen LogP contribution in [-0.2, 0) is 0 Å². The number of aryl methyl sites for hydroxylation is 1. The lowest BCUT2D eigenvalue weighted by molar-refractivity contribution is 0.103. The summed E-state index contributed by atoms with van der Waals surface area (Å²) in [5.41, 5.74) is 2.05. The highest BCUT2D eigenvalue weighted by Crippen LogP contribution is 2.38. The molecule has 0 heterocycles. The fourth-order valence-electron chi connectivity index (χ4n) is 2.10. The van der Waals surface area contributed by atoms with Crippen LogP contribution in [0, 0.1) is 6.92 Å². The van der Waals surface area contributed by atoms with E-state index in [1.54, 1.807) is 25.3 Å². The van der Waals surface area contributed by atoms with Crippen molar-refractivity contribution >= 4 is 37.6 Å². The first-order valence-electron chi connectivity index (χ1n) is 6.21. The largest absolute Gasteiger partial charge is 0.495 e. The fourth-order valence-corrected chi connectivity index (χ4v) is 3.25. The van der Waals surface area contributed by atoms with Gasteiger partial charge in [0.15, 0.2) is 5.78 Å². The third kappa shape index (κ3) is 3.14. The molecule has 5 heteroatoms. The maximum absolute atomic E-state index is 12.8. The predicted octanol–water partition coefficient (Wildman–Crippen LogP) is 4.77. The fraction of sp³-hybridized carbons (Fsp3) is 0.188. The third-order valence-electron chi connectivity index (χ3n) is 3.16. The van der Waals surface area contributed by atoms with Gasteiger partial charge in [0.25, 0.3) is 0 Å². The molecule has 3 nitrogen and oxygen atoms in total. The molecule has 0 saturated carbocycles. The number of ether oxygens (including phenoxy) is 2. The molecule has 0 aliphatic rings. The van der Waals surface area contributed by atoms with Gasteiger partial charge in [-0.05, 0) is 58.7 Å². The minimum atomic E-state index is -0.0831. The summed E-state index contributed by atoms with van der Waals surface area (Å²) in [6, 6.07) is 9.03. The zero-order valence-electron chi connectivity index (χ0n) is 11.9. The minimum absolute atomic E-state index is 0.0831. The van der Waals surface area contributed by atoms with E-state index in [0.29, 0.717) is 27.1 Å². The topological polar surface area (TPSA) is 35.5 Å². The Hall–Kier alpha value is -1.33. The maximum atomic E-state index is 12.8. The van der Waals surface area contributed by atoms with E-state index in [2.05, 4.69) is 31.9 Å². The number of methoxy groups -OCH3 is 2. The summed E-state index contributed by atoms with van der Waals surface area (Å²) in [4.78, 5) is 12.8. The number of ketones is 1. The van der Waals surface area contributed by atoms with Gasteiger partial charge in [-0.25, -0.2) is 0 Å². The van der Waals surface area contributed by atoms with Gasteiger partial charge in [-0.15, -0.1) is 0 Å². The van der Waals surface area contributed by atoms with Gasteiger partial charge >= 0.3 is 0 Å². The SMILES string of the molecule is COc1ccc(C(=O)c2ccc(Br)cc2C)c(OC)c1Br. The highest BCUT2D eigenvalue weighted by molar-refractivity contribution is 9.11. The highest BCUT2D eigenvalue weighted by atomic mass is 79.9. The highest BCUT2D eigenvalue weighted by Gasteiger charge is 2.20. The molecule has 0 radical (unpaired) electrons. The molecule has 0 aromatic heterocycles. The van der Waals surface area contributed by atoms with Crippen LogP contribution in [0.2, 0.25) is 0 Å². The lowest BCUT2D eigenvalue weighted by atomic mass is 9.98. The van der Waals surface area contributed by atoms with Gasteiger partial charge in [0.2, 0.25) is 0 Å². The Balaban J connectivity index is 2.55. The van der Waals surface area contributed by atoms with Crippen LogP contribution in [0.15, 0.2) is 39.3 Å². The average Bonchev–Trinajstić information content (AvgIpc) is 2.46. The number of carbonyl (C=O) groups is 1. The lowest BCUT2D eigenvalue weighted by Crippen LogP contribution is -2.07. The van der Waals surface area contributed by atoms with Crippen molar-refractivity contribution in [3.8, 4) is 11.5 Å². The molecule has 110 valence electrons. The molecule has 0 fully saturated rings. The number of rotatable bonds is 4. The first kappa shape index (κ1) is 16.0. The molecular formula is C16H14Br2O3. The van der Waals surface area contributed by atoms with Crippen molar-refractivity contribution in [3.05, 3.63) is 56.0 Å². The van der Waals surface area contributed by atoms with Gasteiger partial charge in [-0.2, -0.15) is 0 Å². The Labute approximate surface area is 140 Å². The standard InChI is InChI=1S/C16H14Br2O3/c1-9-8-10(17)4-5-11(9)15(19)12-6-7-13(20-2)14(18)16(12)21-3/h4-8H,1-3H3. The summed E-state index contributed by atoms with van der Waals surface area (Å²) in [7, 11) is 3.10. The van der Waals surface area contributed by atoms with Gasteiger partial charge in [0.05, 0.1) is 19.8 Å². The van der Waals surface area contributed by atoms with Gasteiger partial charge in [0.1, 0.15) is 16.0 Å². The van der Waals surface area contributed by atoms with Crippen LogP contribution in [-0.4, -0.2) is 20.0 Å². The summed E-state index contributed by atoms with van der Waals surface area (Å²) in [5, 5.41) is 0. The first-order valence-corrected chi connectivity index (χ1v) is 7.79. The van der Waals surface area contributed by atoms with Crippen LogP contribution in [0.4, 0.5) is 0 Å². The van der Waals surface area contributed by atoms with Crippen molar-refractivity contribution in [1.29, 1.82) is 0 Å². The normalized spacial score (nSPS) is 10.3. The first-order chi connectivity index (χ1) is 9.99. The monoisotopic (exact) mass is 412 g/mol. The molecule has 2 aromatic carbocycles. The minimum Gasteiger partial charge on any atom is -0.495 e. The van der Waals surface area contributed by atoms with Crippen molar-refractivity contribution < 1.29 is 14.3 Å². The molecular weight excluding hydrogens is 400 g/mol. The Bertz CT molecular complexity index is 696. The van der Waals surface area contributed by atoms with E-state index in [1.165, 1.54) is 7.11 Å². The summed E-state index contributed by atoms with van der Waals surface area (Å²) in [5.74, 6) is 1.01. The van der Waals surface area contributed by atoms with Crippen molar-refractivity contribution in [1.82, 2.24) is 0 Å². The van der Waals surface area contributed by atoms with Gasteiger partial charge in [-0.1, -0.05) is 15.9 Å². The smallest absolute Gasteiger partial charge is 0.197 e. The van der Waals surface area contributed by atoms with Crippen molar-refractivity contribution in [3.63, 3.8) is 0 Å². The zero-order valence-corrected chi connectivity index (χ0v) is 15.0. The van der Waals surface area contributed by atoms with E-state index < -0.39 is 0 Å². The predicted molar refractivity (Wildman–Crippen MR) is 89.6 cm³/mol. The van der Waals surface area contributed by atoms with Gasteiger partial charge in [-0.3, -0.25) is 4.79 Å². The van der Waals surface area contributed by atoms with Crippen LogP contribution in [0.5, 0.6) is 11.5 Å². The molecule has 0 saturated heterocycles. The summed E-state index contributed by atoms with van der Waals surface area (Å²) >= 11 is 6.81. The third-order valence-corrected chi connectivity index (χ3v) is 4.41. The Morgan fingerprint density at radius 2 is 1.67 bits per heavy atom. The van der Waals surface area contributed by atoms with Crippen LogP contribution in [0.1, 0.15) is 21.5 Å². The van der Waals surface area contributed by atoms with Crippen LogP contribution >= 0.6 is 31.9 Å². The van der Waals surface area contributed by atoms with E-state index in [0.717, 1.165) is 10.0 Å². The van der Waals surface area contributed by atoms with Crippen molar-refractivity contribution in [2.75, 3.05) is 14.2 Å². The van der Waals surface area contributed by atoms with E-state index in [1.807, 2.05) is 19.1 Å². The second-order valence-electron chi connectivity index (χ2n) is 4.45. The Morgan fingerprint density at radius 3 is 2.24 bits per heavy atom. The van der Waals surface area contributed by atoms with Crippen molar-refractivity contribution in [2.24, 2.45) is 0 Å². The molecule has 0 bridgehead atoms. The summed E-state index contributed by atoms with van der Waals surface area (Å²) in [6.45, 7) is 1.91. The molecule has 2 aromatic rings. The van der Waals surface area contributed by atoms with Crippen LogP contribution in [0.25, 0.3) is 0 Å². The zero-order chi connectivity index (χ0) is 15.6. The maximum Gasteiger partial charge on any atom is 0.197 e. The van der Waals surface area contributed by atoms with E-state index in [-0.39, 0.29) is 5.78 Å². The van der Waals surface area contributed by atoms with Gasteiger partial charge < -0.3 is 9.47 Å². The average molecular weight is 414 g/mol. The number of hydrogen-bond acceptors (Lipinski definition) is 3. The Morgan fingerprint density at radius 1 is 1.00 bits per heavy atom. The van der Waals surface area contributed by atoms with Crippen LogP contribution < -0.4 is 9.47 Å². The Kier molecular flexibility index (Phi) is 5.06. The molecule has 0 amide bonds. The lowest BCUT2D eigenvalue weighted by Gasteiger charge is -2.13. The molecule has 2 rings (SSSR count). The molecule has 0 aliphatic carbocycles. The number of benzene rings is 2. The second kappa shape index (κ2) is 6.62. The van der Waals surface area contributed by atoms with E-state index >= 15 is 0 Å². The number of halogens is 2. The van der Waals surface area contributed by atoms with Crippen LogP contribution in [0.3, 0.4) is 0 Å². The quantitative estimate of drug-likeness (QED) is 0.677. The molecule has 0 N–H and O–H groups in total. The molecule has 0 unspecified atom stereocenters. The summed E-state index contributed by atoms with van der Waals surface area (Å²) < 4.78 is 12.2. The number of hydrogen-bond donors (Lipinski definition) is 0. The van der Waals surface area contributed by atoms with E-state index in [4.69, 9.17) is 9.47 Å². The molecule has 0 atom stereocenters. The van der Waals surface area contributed by atoms with E-state index in [9.17, 15) is 4.79 Å². The second-order valence-corrected chi connectivity index (χ2v) is 6.16. The number of carbonyl (C=O) groups excluding carboxylic acids is 1. The van der Waals surface area contributed by atoms with Gasteiger partial charge in [0, 0.05) is 10.0 Å². The molecule has 0 spiro atoms. The summed E-state index contributed by atoms with van der Waals surface area (Å²) in [6.07, 6.45) is 0. The van der Waals surface area contributed by atoms with Crippen molar-refractivity contribution in [2.45, 2.75) is 6.92 Å². The molecule has 21 heavy (non-hydrogen) atoms. The molecule has 0 aliphatic heterocycles.